The highest BCUT2D eigenvalue weighted by Gasteiger charge is 2.38. The molecule has 1 aromatic heterocycles. The molecule has 5 heteroatoms. The smallest absolute Gasteiger partial charge is 0.108 e. The van der Waals surface area contributed by atoms with Crippen LogP contribution in [0, 0.1) is 0 Å². The van der Waals surface area contributed by atoms with Crippen LogP contribution in [-0.2, 0) is 12.1 Å². The fourth-order valence-corrected chi connectivity index (χ4v) is 2.88. The maximum absolute atomic E-state index is 10.7. The SMILES string of the molecule is CCCn1ncc(Cl)c1C1(O)CCC(N)CC1. The molecule has 17 heavy (non-hydrogen) atoms. The zero-order valence-corrected chi connectivity index (χ0v) is 11.0. The summed E-state index contributed by atoms with van der Waals surface area (Å²) in [6, 6.07) is 0.205. The van der Waals surface area contributed by atoms with Gasteiger partial charge >= 0.3 is 0 Å². The quantitative estimate of drug-likeness (QED) is 0.871. The molecule has 1 heterocycles. The fourth-order valence-electron chi connectivity index (χ4n) is 2.56. The van der Waals surface area contributed by atoms with Crippen LogP contribution in [0.3, 0.4) is 0 Å². The molecule has 1 aliphatic rings. The number of nitrogens with two attached hydrogens (primary N) is 1. The number of hydrogen-bond donors (Lipinski definition) is 2. The van der Waals surface area contributed by atoms with Gasteiger partial charge in [0.1, 0.15) is 5.60 Å². The van der Waals surface area contributed by atoms with E-state index in [1.807, 2.05) is 4.68 Å². The third-order valence-corrected chi connectivity index (χ3v) is 3.81. The third-order valence-electron chi connectivity index (χ3n) is 3.53. The maximum Gasteiger partial charge on any atom is 0.108 e. The van der Waals surface area contributed by atoms with E-state index in [-0.39, 0.29) is 6.04 Å². The summed E-state index contributed by atoms with van der Waals surface area (Å²) in [5.41, 5.74) is 5.80. The van der Waals surface area contributed by atoms with Gasteiger partial charge < -0.3 is 10.8 Å². The van der Waals surface area contributed by atoms with E-state index in [1.54, 1.807) is 6.20 Å². The maximum atomic E-state index is 10.7. The second kappa shape index (κ2) is 4.96. The van der Waals surface area contributed by atoms with Crippen molar-refractivity contribution in [3.63, 3.8) is 0 Å². The van der Waals surface area contributed by atoms with Crippen molar-refractivity contribution in [2.75, 3.05) is 0 Å². The third kappa shape index (κ3) is 2.49. The van der Waals surface area contributed by atoms with E-state index in [4.69, 9.17) is 17.3 Å². The van der Waals surface area contributed by atoms with Crippen molar-refractivity contribution in [1.82, 2.24) is 9.78 Å². The number of rotatable bonds is 3. The number of aromatic nitrogens is 2. The van der Waals surface area contributed by atoms with Crippen molar-refractivity contribution in [3.8, 4) is 0 Å². The Labute approximate surface area is 107 Å². The second-order valence-electron chi connectivity index (χ2n) is 4.93. The van der Waals surface area contributed by atoms with E-state index in [9.17, 15) is 5.11 Å². The van der Waals surface area contributed by atoms with Crippen molar-refractivity contribution in [3.05, 3.63) is 16.9 Å². The predicted octanol–water partition coefficient (Wildman–Crippen LogP) is 2.04. The highest BCUT2D eigenvalue weighted by atomic mass is 35.5. The Morgan fingerprint density at radius 2 is 2.24 bits per heavy atom. The van der Waals surface area contributed by atoms with Crippen molar-refractivity contribution in [2.45, 2.75) is 57.2 Å². The van der Waals surface area contributed by atoms with Crippen LogP contribution in [0.5, 0.6) is 0 Å². The molecule has 0 unspecified atom stereocenters. The van der Waals surface area contributed by atoms with Gasteiger partial charge in [0.25, 0.3) is 0 Å². The van der Waals surface area contributed by atoms with Crippen LogP contribution in [0.25, 0.3) is 0 Å². The first-order valence-electron chi connectivity index (χ1n) is 6.26. The van der Waals surface area contributed by atoms with Gasteiger partial charge in [0, 0.05) is 12.6 Å². The van der Waals surface area contributed by atoms with E-state index in [2.05, 4.69) is 12.0 Å². The Kier molecular flexibility index (Phi) is 3.76. The largest absolute Gasteiger partial charge is 0.384 e. The van der Waals surface area contributed by atoms with Gasteiger partial charge in [-0.1, -0.05) is 18.5 Å². The summed E-state index contributed by atoms with van der Waals surface area (Å²) in [4.78, 5) is 0. The molecule has 3 N–H and O–H groups in total. The van der Waals surface area contributed by atoms with Crippen LogP contribution in [0.1, 0.15) is 44.7 Å². The lowest BCUT2D eigenvalue weighted by Crippen LogP contribution is -2.38. The molecule has 1 saturated carbocycles. The zero-order chi connectivity index (χ0) is 12.5. The Morgan fingerprint density at radius 1 is 1.59 bits per heavy atom. The molecule has 0 bridgehead atoms. The fraction of sp³-hybridized carbons (Fsp3) is 0.750. The molecule has 1 fully saturated rings. The van der Waals surface area contributed by atoms with Gasteiger partial charge in [-0.05, 0) is 32.1 Å². The van der Waals surface area contributed by atoms with E-state index < -0.39 is 5.60 Å². The highest BCUT2D eigenvalue weighted by molar-refractivity contribution is 6.31. The number of aliphatic hydroxyl groups is 1. The van der Waals surface area contributed by atoms with Crippen LogP contribution >= 0.6 is 11.6 Å². The van der Waals surface area contributed by atoms with Crippen LogP contribution in [0.4, 0.5) is 0 Å². The molecule has 1 aromatic rings. The van der Waals surface area contributed by atoms with E-state index >= 15 is 0 Å². The van der Waals surface area contributed by atoms with Gasteiger partial charge in [-0.3, -0.25) is 4.68 Å². The molecule has 0 atom stereocenters. The molecule has 0 spiro atoms. The Bertz CT molecular complexity index is 383. The van der Waals surface area contributed by atoms with Gasteiger partial charge in [0.05, 0.1) is 16.9 Å². The van der Waals surface area contributed by atoms with Crippen molar-refractivity contribution in [2.24, 2.45) is 5.73 Å². The molecule has 0 aromatic carbocycles. The molecule has 0 amide bonds. The average Bonchev–Trinajstić information content (AvgIpc) is 2.66. The van der Waals surface area contributed by atoms with Crippen molar-refractivity contribution < 1.29 is 5.11 Å². The summed E-state index contributed by atoms with van der Waals surface area (Å²) < 4.78 is 1.83. The van der Waals surface area contributed by atoms with E-state index in [0.717, 1.165) is 31.5 Å². The van der Waals surface area contributed by atoms with Crippen LogP contribution in [-0.4, -0.2) is 20.9 Å². The minimum absolute atomic E-state index is 0.205. The second-order valence-corrected chi connectivity index (χ2v) is 5.34. The molecule has 1 aliphatic carbocycles. The lowest BCUT2D eigenvalue weighted by atomic mass is 9.80. The number of nitrogens with zero attached hydrogens (tertiary/aromatic N) is 2. The predicted molar refractivity (Wildman–Crippen MR) is 67.9 cm³/mol. The molecular weight excluding hydrogens is 238 g/mol. The monoisotopic (exact) mass is 257 g/mol. The molecule has 0 saturated heterocycles. The normalized spacial score (nSPS) is 29.5. The van der Waals surface area contributed by atoms with Crippen LogP contribution < -0.4 is 5.73 Å². The van der Waals surface area contributed by atoms with E-state index in [1.165, 1.54) is 0 Å². The van der Waals surface area contributed by atoms with Gasteiger partial charge in [-0.2, -0.15) is 5.10 Å². The first-order valence-corrected chi connectivity index (χ1v) is 6.64. The summed E-state index contributed by atoms with van der Waals surface area (Å²) in [6.07, 6.45) is 5.61. The summed E-state index contributed by atoms with van der Waals surface area (Å²) in [6.45, 7) is 2.87. The van der Waals surface area contributed by atoms with Gasteiger partial charge in [-0.25, -0.2) is 0 Å². The summed E-state index contributed by atoms with van der Waals surface area (Å²) in [7, 11) is 0. The zero-order valence-electron chi connectivity index (χ0n) is 10.2. The molecule has 96 valence electrons. The van der Waals surface area contributed by atoms with Crippen molar-refractivity contribution in [1.29, 1.82) is 0 Å². The lowest BCUT2D eigenvalue weighted by Gasteiger charge is -2.35. The number of hydrogen-bond acceptors (Lipinski definition) is 3. The Balaban J connectivity index is 2.28. The number of halogens is 1. The van der Waals surface area contributed by atoms with Gasteiger partial charge in [0.2, 0.25) is 0 Å². The van der Waals surface area contributed by atoms with E-state index in [0.29, 0.717) is 17.9 Å². The number of aryl methyl sites for hydroxylation is 1. The first kappa shape index (κ1) is 12.9. The first-order chi connectivity index (χ1) is 8.07. The summed E-state index contributed by atoms with van der Waals surface area (Å²) >= 11 is 6.17. The summed E-state index contributed by atoms with van der Waals surface area (Å²) in [5.74, 6) is 0. The standard InChI is InChI=1S/C12H20ClN3O/c1-2-7-16-11(10(13)8-15-16)12(17)5-3-9(14)4-6-12/h8-9,17H,2-7,14H2,1H3. The molecule has 2 rings (SSSR count). The van der Waals surface area contributed by atoms with Gasteiger partial charge in [0.15, 0.2) is 0 Å². The minimum atomic E-state index is -0.849. The topological polar surface area (TPSA) is 64.1 Å². The minimum Gasteiger partial charge on any atom is -0.384 e. The molecule has 0 radical (unpaired) electrons. The Hall–Kier alpha value is -0.580. The Morgan fingerprint density at radius 3 is 2.82 bits per heavy atom. The average molecular weight is 258 g/mol. The molecular formula is C12H20ClN3O. The van der Waals surface area contributed by atoms with Crippen LogP contribution in [0.15, 0.2) is 6.20 Å². The van der Waals surface area contributed by atoms with Gasteiger partial charge in [-0.15, -0.1) is 0 Å². The van der Waals surface area contributed by atoms with Crippen molar-refractivity contribution >= 4 is 11.6 Å². The van der Waals surface area contributed by atoms with Crippen LogP contribution in [0.2, 0.25) is 5.02 Å². The molecule has 0 aliphatic heterocycles. The highest BCUT2D eigenvalue weighted by Crippen LogP contribution is 2.39. The lowest BCUT2D eigenvalue weighted by molar-refractivity contribution is -0.0129. The molecule has 4 nitrogen and oxygen atoms in total. The summed E-state index contributed by atoms with van der Waals surface area (Å²) in [5, 5.41) is 15.5.